The monoisotopic (exact) mass is 428 g/mol. The standard InChI is InChI=1S/C12H8Br2Cl2OS/c13-7-5-11(18-12(7)14)10(17)4-6-1-2-8(15)9(16)3-6/h1-3,5,10,17H,4H2. The van der Waals surface area contributed by atoms with Crippen molar-refractivity contribution in [2.24, 2.45) is 0 Å². The van der Waals surface area contributed by atoms with Crippen molar-refractivity contribution in [2.45, 2.75) is 12.5 Å². The largest absolute Gasteiger partial charge is 0.387 e. The second-order valence-corrected chi connectivity index (χ2v) is 7.81. The first-order chi connectivity index (χ1) is 8.47. The Morgan fingerprint density at radius 1 is 1.17 bits per heavy atom. The number of halogens is 4. The van der Waals surface area contributed by atoms with Crippen LogP contribution < -0.4 is 0 Å². The second-order valence-electron chi connectivity index (χ2n) is 3.74. The number of aliphatic hydroxyl groups excluding tert-OH is 1. The molecule has 1 atom stereocenters. The smallest absolute Gasteiger partial charge is 0.0923 e. The lowest BCUT2D eigenvalue weighted by molar-refractivity contribution is 0.182. The van der Waals surface area contributed by atoms with Crippen molar-refractivity contribution in [2.75, 3.05) is 0 Å². The summed E-state index contributed by atoms with van der Waals surface area (Å²) in [5.41, 5.74) is 0.956. The average Bonchev–Trinajstić information content (AvgIpc) is 2.65. The lowest BCUT2D eigenvalue weighted by Gasteiger charge is -2.09. The van der Waals surface area contributed by atoms with Crippen LogP contribution in [0.5, 0.6) is 0 Å². The third-order valence-corrected chi connectivity index (χ3v) is 6.50. The first-order valence-electron chi connectivity index (χ1n) is 5.04. The Hall–Kier alpha value is 0.420. The van der Waals surface area contributed by atoms with Crippen molar-refractivity contribution in [3.63, 3.8) is 0 Å². The summed E-state index contributed by atoms with van der Waals surface area (Å²) >= 11 is 20.1. The van der Waals surface area contributed by atoms with Crippen LogP contribution in [0.15, 0.2) is 32.5 Å². The summed E-state index contributed by atoms with van der Waals surface area (Å²) in [7, 11) is 0. The Morgan fingerprint density at radius 2 is 1.89 bits per heavy atom. The fraction of sp³-hybridized carbons (Fsp3) is 0.167. The van der Waals surface area contributed by atoms with Gasteiger partial charge in [-0.15, -0.1) is 11.3 Å². The van der Waals surface area contributed by atoms with Crippen molar-refractivity contribution in [1.82, 2.24) is 0 Å². The van der Waals surface area contributed by atoms with E-state index >= 15 is 0 Å². The third kappa shape index (κ3) is 3.50. The van der Waals surface area contributed by atoms with Crippen molar-refractivity contribution in [3.8, 4) is 0 Å². The Balaban J connectivity index is 2.15. The van der Waals surface area contributed by atoms with E-state index in [4.69, 9.17) is 23.2 Å². The van der Waals surface area contributed by atoms with Gasteiger partial charge in [0.15, 0.2) is 0 Å². The number of hydrogen-bond donors (Lipinski definition) is 1. The molecule has 0 radical (unpaired) electrons. The van der Waals surface area contributed by atoms with Gasteiger partial charge in [-0.3, -0.25) is 0 Å². The molecule has 2 aromatic rings. The molecule has 0 spiro atoms. The van der Waals surface area contributed by atoms with Crippen molar-refractivity contribution < 1.29 is 5.11 Å². The number of hydrogen-bond acceptors (Lipinski definition) is 2. The number of thiophene rings is 1. The zero-order valence-corrected chi connectivity index (χ0v) is 14.5. The fourth-order valence-corrected chi connectivity index (χ4v) is 3.91. The van der Waals surface area contributed by atoms with Gasteiger partial charge in [0, 0.05) is 15.8 Å². The fourth-order valence-electron chi connectivity index (χ4n) is 1.52. The minimum Gasteiger partial charge on any atom is -0.387 e. The Morgan fingerprint density at radius 3 is 2.44 bits per heavy atom. The van der Waals surface area contributed by atoms with Crippen LogP contribution in [0.25, 0.3) is 0 Å². The van der Waals surface area contributed by atoms with E-state index in [-0.39, 0.29) is 0 Å². The van der Waals surface area contributed by atoms with Crippen LogP contribution in [-0.4, -0.2) is 5.11 Å². The van der Waals surface area contributed by atoms with Crippen LogP contribution in [0, 0.1) is 0 Å². The molecule has 1 N–H and O–H groups in total. The molecule has 6 heteroatoms. The van der Waals surface area contributed by atoms with Crippen LogP contribution in [0.2, 0.25) is 10.0 Å². The predicted octanol–water partition coefficient (Wildman–Crippen LogP) is 5.86. The molecule has 18 heavy (non-hydrogen) atoms. The lowest BCUT2D eigenvalue weighted by Crippen LogP contribution is -1.99. The van der Waals surface area contributed by atoms with Gasteiger partial charge in [-0.2, -0.15) is 0 Å². The van der Waals surface area contributed by atoms with Gasteiger partial charge in [0.05, 0.1) is 19.9 Å². The molecule has 0 saturated carbocycles. The SMILES string of the molecule is OC(Cc1ccc(Cl)c(Cl)c1)c1cc(Br)c(Br)s1. The quantitative estimate of drug-likeness (QED) is 0.647. The number of benzene rings is 1. The van der Waals surface area contributed by atoms with Crippen LogP contribution in [0.4, 0.5) is 0 Å². The minimum absolute atomic E-state index is 0.509. The molecule has 0 fully saturated rings. The van der Waals surface area contributed by atoms with Gasteiger partial charge in [-0.05, 0) is 55.6 Å². The zero-order valence-electron chi connectivity index (χ0n) is 8.96. The van der Waals surface area contributed by atoms with E-state index in [0.717, 1.165) is 18.7 Å². The molecule has 1 aromatic heterocycles. The normalized spacial score (nSPS) is 12.7. The lowest BCUT2D eigenvalue weighted by atomic mass is 10.1. The highest BCUT2D eigenvalue weighted by molar-refractivity contribution is 9.13. The maximum Gasteiger partial charge on any atom is 0.0923 e. The highest BCUT2D eigenvalue weighted by Crippen LogP contribution is 2.36. The second kappa shape index (κ2) is 6.25. The molecular weight excluding hydrogens is 423 g/mol. The van der Waals surface area contributed by atoms with Crippen LogP contribution >= 0.6 is 66.4 Å². The Bertz CT molecular complexity index is 552. The van der Waals surface area contributed by atoms with E-state index in [1.54, 1.807) is 12.1 Å². The minimum atomic E-state index is -0.546. The molecule has 96 valence electrons. The van der Waals surface area contributed by atoms with Crippen LogP contribution in [0.3, 0.4) is 0 Å². The molecular formula is C12H8Br2Cl2OS. The summed E-state index contributed by atoms with van der Waals surface area (Å²) < 4.78 is 1.93. The van der Waals surface area contributed by atoms with E-state index in [1.165, 1.54) is 11.3 Å². The van der Waals surface area contributed by atoms with Gasteiger partial charge in [-0.25, -0.2) is 0 Å². The summed E-state index contributed by atoms with van der Waals surface area (Å²) in [6.07, 6.45) is -0.0362. The topological polar surface area (TPSA) is 20.2 Å². The average molecular weight is 431 g/mol. The Labute approximate surface area is 136 Å². The van der Waals surface area contributed by atoms with Gasteiger partial charge in [-0.1, -0.05) is 29.3 Å². The van der Waals surface area contributed by atoms with E-state index in [9.17, 15) is 5.11 Å². The molecule has 1 unspecified atom stereocenters. The first-order valence-corrected chi connectivity index (χ1v) is 8.20. The van der Waals surface area contributed by atoms with Gasteiger partial charge in [0.2, 0.25) is 0 Å². The van der Waals surface area contributed by atoms with Crippen LogP contribution in [-0.2, 0) is 6.42 Å². The van der Waals surface area contributed by atoms with Gasteiger partial charge >= 0.3 is 0 Å². The van der Waals surface area contributed by atoms with Crippen molar-refractivity contribution in [3.05, 3.63) is 53.0 Å². The molecule has 0 bridgehead atoms. The summed E-state index contributed by atoms with van der Waals surface area (Å²) in [6, 6.07) is 7.31. The highest BCUT2D eigenvalue weighted by Gasteiger charge is 2.14. The van der Waals surface area contributed by atoms with E-state index in [0.29, 0.717) is 16.5 Å². The predicted molar refractivity (Wildman–Crippen MR) is 84.8 cm³/mol. The van der Waals surface area contributed by atoms with Crippen LogP contribution in [0.1, 0.15) is 16.5 Å². The van der Waals surface area contributed by atoms with E-state index in [1.807, 2.05) is 12.1 Å². The van der Waals surface area contributed by atoms with Gasteiger partial charge < -0.3 is 5.11 Å². The summed E-state index contributed by atoms with van der Waals surface area (Å²) in [5, 5.41) is 11.2. The molecule has 1 aromatic carbocycles. The van der Waals surface area contributed by atoms with E-state index in [2.05, 4.69) is 31.9 Å². The van der Waals surface area contributed by atoms with Gasteiger partial charge in [0.1, 0.15) is 0 Å². The van der Waals surface area contributed by atoms with Crippen molar-refractivity contribution in [1.29, 1.82) is 0 Å². The molecule has 0 aliphatic carbocycles. The summed E-state index contributed by atoms with van der Waals surface area (Å²) in [6.45, 7) is 0. The maximum atomic E-state index is 10.2. The molecule has 0 amide bonds. The first kappa shape index (κ1) is 14.8. The molecule has 0 aliphatic rings. The maximum absolute atomic E-state index is 10.2. The summed E-state index contributed by atoms with van der Waals surface area (Å²) in [4.78, 5) is 0.903. The Kier molecular flexibility index (Phi) is 5.14. The third-order valence-electron chi connectivity index (χ3n) is 2.41. The van der Waals surface area contributed by atoms with E-state index < -0.39 is 6.10 Å². The zero-order chi connectivity index (χ0) is 13.3. The van der Waals surface area contributed by atoms with Crippen molar-refractivity contribution >= 4 is 66.4 Å². The molecule has 1 heterocycles. The molecule has 0 aliphatic heterocycles. The number of aliphatic hydroxyl groups is 1. The number of rotatable bonds is 3. The molecule has 2 rings (SSSR count). The molecule has 1 nitrogen and oxygen atoms in total. The highest BCUT2D eigenvalue weighted by atomic mass is 79.9. The summed E-state index contributed by atoms with van der Waals surface area (Å²) in [5.74, 6) is 0. The molecule has 0 saturated heterocycles. The van der Waals surface area contributed by atoms with Gasteiger partial charge in [0.25, 0.3) is 0 Å².